The highest BCUT2D eigenvalue weighted by Gasteiger charge is 2.26. The lowest BCUT2D eigenvalue weighted by Crippen LogP contribution is -2.43. The van der Waals surface area contributed by atoms with Crippen molar-refractivity contribution in [3.63, 3.8) is 0 Å². The van der Waals surface area contributed by atoms with Gasteiger partial charge in [-0.15, -0.1) is 0 Å². The summed E-state index contributed by atoms with van der Waals surface area (Å²) in [7, 11) is -3.20. The maximum atomic E-state index is 12.7. The van der Waals surface area contributed by atoms with Gasteiger partial charge in [-0.3, -0.25) is 4.79 Å². The zero-order chi connectivity index (χ0) is 16.9. The molecule has 1 unspecified atom stereocenters. The van der Waals surface area contributed by atoms with E-state index in [1.165, 1.54) is 0 Å². The highest BCUT2D eigenvalue weighted by atomic mass is 32.2. The molecule has 0 aliphatic carbocycles. The van der Waals surface area contributed by atoms with Crippen LogP contribution in [0.15, 0.2) is 24.3 Å². The Hall–Kier alpha value is -1.60. The summed E-state index contributed by atoms with van der Waals surface area (Å²) in [5, 5.41) is 0. The first-order valence-corrected chi connectivity index (χ1v) is 9.75. The van der Waals surface area contributed by atoms with Crippen LogP contribution in [0.2, 0.25) is 0 Å². The first-order valence-electron chi connectivity index (χ1n) is 7.86. The highest BCUT2D eigenvalue weighted by Crippen LogP contribution is 2.23. The molecule has 0 radical (unpaired) electrons. The number of sulfonamides is 1. The number of nitrogens with zero attached hydrogens (tertiary/aromatic N) is 1. The van der Waals surface area contributed by atoms with Gasteiger partial charge < -0.3 is 9.64 Å². The molecule has 1 heterocycles. The van der Waals surface area contributed by atoms with E-state index in [4.69, 9.17) is 4.74 Å². The molecular weight excluding hydrogens is 316 g/mol. The standard InChI is InChI=1S/C16H24N2O4S/c1-3-22-15-9-5-4-8-14(15)16(19)18-10-6-7-13(12-18)11-17-23(2,20)21/h4-5,8-9,13,17H,3,6-7,10-12H2,1-2H3. The van der Waals surface area contributed by atoms with Crippen molar-refractivity contribution in [2.24, 2.45) is 5.92 Å². The summed E-state index contributed by atoms with van der Waals surface area (Å²) in [5.41, 5.74) is 0.561. The minimum atomic E-state index is -3.20. The molecule has 0 aromatic heterocycles. The number of hydrogen-bond donors (Lipinski definition) is 1. The average Bonchev–Trinajstić information content (AvgIpc) is 2.53. The second-order valence-electron chi connectivity index (χ2n) is 5.81. The first-order chi connectivity index (χ1) is 10.9. The summed E-state index contributed by atoms with van der Waals surface area (Å²) in [6.45, 7) is 4.01. The topological polar surface area (TPSA) is 75.7 Å². The second kappa shape index (κ2) is 7.79. The van der Waals surface area contributed by atoms with Crippen molar-refractivity contribution < 1.29 is 17.9 Å². The van der Waals surface area contributed by atoms with E-state index in [9.17, 15) is 13.2 Å². The predicted molar refractivity (Wildman–Crippen MR) is 89.1 cm³/mol. The Balaban J connectivity index is 2.05. The number of carbonyl (C=O) groups is 1. The molecule has 1 saturated heterocycles. The number of carbonyl (C=O) groups excluding carboxylic acids is 1. The van der Waals surface area contributed by atoms with Crippen molar-refractivity contribution in [3.05, 3.63) is 29.8 Å². The fourth-order valence-corrected chi connectivity index (χ4v) is 3.32. The smallest absolute Gasteiger partial charge is 0.257 e. The SMILES string of the molecule is CCOc1ccccc1C(=O)N1CCCC(CNS(C)(=O)=O)C1. The molecule has 0 bridgehead atoms. The van der Waals surface area contributed by atoms with Gasteiger partial charge in [0, 0.05) is 19.6 Å². The molecule has 1 atom stereocenters. The van der Waals surface area contributed by atoms with Gasteiger partial charge in [0.25, 0.3) is 5.91 Å². The Labute approximate surface area is 137 Å². The van der Waals surface area contributed by atoms with Gasteiger partial charge in [-0.1, -0.05) is 12.1 Å². The molecule has 0 saturated carbocycles. The minimum absolute atomic E-state index is 0.0573. The van der Waals surface area contributed by atoms with Gasteiger partial charge in [-0.25, -0.2) is 13.1 Å². The minimum Gasteiger partial charge on any atom is -0.493 e. The third-order valence-corrected chi connectivity index (χ3v) is 4.55. The van der Waals surface area contributed by atoms with Gasteiger partial charge in [0.05, 0.1) is 18.4 Å². The molecule has 128 valence electrons. The van der Waals surface area contributed by atoms with Gasteiger partial charge >= 0.3 is 0 Å². The van der Waals surface area contributed by atoms with E-state index in [2.05, 4.69) is 4.72 Å². The van der Waals surface area contributed by atoms with Crippen molar-refractivity contribution >= 4 is 15.9 Å². The van der Waals surface area contributed by atoms with Crippen molar-refractivity contribution in [2.75, 3.05) is 32.5 Å². The number of likely N-dealkylation sites (tertiary alicyclic amines) is 1. The summed E-state index contributed by atoms with van der Waals surface area (Å²) in [5.74, 6) is 0.677. The molecule has 1 aliphatic rings. The van der Waals surface area contributed by atoms with Gasteiger partial charge in [-0.05, 0) is 37.8 Å². The van der Waals surface area contributed by atoms with Crippen LogP contribution >= 0.6 is 0 Å². The molecular formula is C16H24N2O4S. The van der Waals surface area contributed by atoms with Gasteiger partial charge in [0.15, 0.2) is 0 Å². The van der Waals surface area contributed by atoms with Crippen LogP contribution in [-0.4, -0.2) is 51.7 Å². The van der Waals surface area contributed by atoms with Crippen LogP contribution in [0.1, 0.15) is 30.1 Å². The van der Waals surface area contributed by atoms with Crippen molar-refractivity contribution in [3.8, 4) is 5.75 Å². The molecule has 2 rings (SSSR count). The van der Waals surface area contributed by atoms with Gasteiger partial charge in [0.2, 0.25) is 10.0 Å². The van der Waals surface area contributed by atoms with Crippen LogP contribution in [0.5, 0.6) is 5.75 Å². The molecule has 7 heteroatoms. The number of piperidine rings is 1. The van der Waals surface area contributed by atoms with Crippen LogP contribution in [0.3, 0.4) is 0 Å². The van der Waals surface area contributed by atoms with Crippen LogP contribution < -0.4 is 9.46 Å². The normalized spacial score (nSPS) is 18.7. The number of hydrogen-bond acceptors (Lipinski definition) is 4. The van der Waals surface area contributed by atoms with E-state index in [1.54, 1.807) is 17.0 Å². The first kappa shape index (κ1) is 17.7. The molecule has 1 amide bonds. The van der Waals surface area contributed by atoms with E-state index >= 15 is 0 Å². The third kappa shape index (κ3) is 5.21. The summed E-state index contributed by atoms with van der Waals surface area (Å²) >= 11 is 0. The van der Waals surface area contributed by atoms with Gasteiger partial charge in [0.1, 0.15) is 5.75 Å². The number of nitrogens with one attached hydrogen (secondary N) is 1. The van der Waals surface area contributed by atoms with E-state index < -0.39 is 10.0 Å². The summed E-state index contributed by atoms with van der Waals surface area (Å²) < 4.78 is 30.5. The number of para-hydroxylation sites is 1. The number of rotatable bonds is 6. The molecule has 1 aromatic rings. The Kier molecular flexibility index (Phi) is 6.01. The summed E-state index contributed by atoms with van der Waals surface area (Å²) in [4.78, 5) is 14.5. The average molecular weight is 340 g/mol. The zero-order valence-corrected chi connectivity index (χ0v) is 14.4. The largest absolute Gasteiger partial charge is 0.493 e. The van der Waals surface area contributed by atoms with Crippen molar-refractivity contribution in [1.82, 2.24) is 9.62 Å². The lowest BCUT2D eigenvalue weighted by Gasteiger charge is -2.33. The quantitative estimate of drug-likeness (QED) is 0.851. The lowest BCUT2D eigenvalue weighted by atomic mass is 9.97. The maximum absolute atomic E-state index is 12.7. The second-order valence-corrected chi connectivity index (χ2v) is 7.64. The fraction of sp³-hybridized carbons (Fsp3) is 0.562. The maximum Gasteiger partial charge on any atom is 0.257 e. The number of ether oxygens (including phenoxy) is 1. The van der Waals surface area contributed by atoms with Crippen LogP contribution in [-0.2, 0) is 10.0 Å². The van der Waals surface area contributed by atoms with E-state index in [-0.39, 0.29) is 11.8 Å². The van der Waals surface area contributed by atoms with Crippen LogP contribution in [0, 0.1) is 5.92 Å². The summed E-state index contributed by atoms with van der Waals surface area (Å²) in [6, 6.07) is 7.23. The number of amides is 1. The highest BCUT2D eigenvalue weighted by molar-refractivity contribution is 7.88. The van der Waals surface area contributed by atoms with Gasteiger partial charge in [-0.2, -0.15) is 0 Å². The molecule has 1 fully saturated rings. The van der Waals surface area contributed by atoms with E-state index in [1.807, 2.05) is 19.1 Å². The molecule has 1 N–H and O–H groups in total. The van der Waals surface area contributed by atoms with Crippen molar-refractivity contribution in [1.29, 1.82) is 0 Å². The van der Waals surface area contributed by atoms with Crippen LogP contribution in [0.4, 0.5) is 0 Å². The zero-order valence-electron chi connectivity index (χ0n) is 13.6. The molecule has 6 nitrogen and oxygen atoms in total. The molecule has 0 spiro atoms. The summed E-state index contributed by atoms with van der Waals surface area (Å²) in [6.07, 6.45) is 2.94. The lowest BCUT2D eigenvalue weighted by molar-refractivity contribution is 0.0672. The number of benzene rings is 1. The van der Waals surface area contributed by atoms with E-state index in [0.717, 1.165) is 19.1 Å². The Morgan fingerprint density at radius 1 is 1.39 bits per heavy atom. The predicted octanol–water partition coefficient (Wildman–Crippen LogP) is 1.49. The molecule has 1 aliphatic heterocycles. The molecule has 23 heavy (non-hydrogen) atoms. The third-order valence-electron chi connectivity index (χ3n) is 3.86. The fourth-order valence-electron chi connectivity index (χ4n) is 2.78. The Morgan fingerprint density at radius 2 is 2.13 bits per heavy atom. The monoisotopic (exact) mass is 340 g/mol. The Bertz CT molecular complexity index is 645. The van der Waals surface area contributed by atoms with Crippen LogP contribution in [0.25, 0.3) is 0 Å². The van der Waals surface area contributed by atoms with E-state index in [0.29, 0.717) is 37.6 Å². The Morgan fingerprint density at radius 3 is 2.83 bits per heavy atom. The molecule has 1 aromatic carbocycles. The van der Waals surface area contributed by atoms with Crippen molar-refractivity contribution in [2.45, 2.75) is 19.8 Å².